The second-order valence-corrected chi connectivity index (χ2v) is 7.87. The maximum absolute atomic E-state index is 5.99. The zero-order valence-electron chi connectivity index (χ0n) is 14.7. The van der Waals surface area contributed by atoms with Crippen molar-refractivity contribution in [1.29, 1.82) is 0 Å². The summed E-state index contributed by atoms with van der Waals surface area (Å²) in [6, 6.07) is 8.60. The topological polar surface area (TPSA) is 35.2 Å². The summed E-state index contributed by atoms with van der Waals surface area (Å²) in [5.74, 6) is 0.950. The Balaban J connectivity index is 2.77. The third-order valence-corrected chi connectivity index (χ3v) is 3.85. The van der Waals surface area contributed by atoms with Crippen molar-refractivity contribution in [3.63, 3.8) is 0 Å². The first-order chi connectivity index (χ1) is 9.68. The van der Waals surface area contributed by atoms with Crippen LogP contribution < -0.4 is 10.5 Å². The summed E-state index contributed by atoms with van der Waals surface area (Å²) >= 11 is 0. The quantitative estimate of drug-likeness (QED) is 0.775. The number of nitrogens with two attached hydrogens (primary N) is 1. The lowest BCUT2D eigenvalue weighted by molar-refractivity contribution is 0.189. The van der Waals surface area contributed by atoms with Crippen LogP contribution in [0, 0.1) is 5.41 Å². The van der Waals surface area contributed by atoms with Crippen LogP contribution in [0.5, 0.6) is 5.75 Å². The normalized spacial score (nSPS) is 14.0. The lowest BCUT2D eigenvalue weighted by Crippen LogP contribution is -2.24. The second kappa shape index (κ2) is 7.31. The minimum absolute atomic E-state index is 0.179. The van der Waals surface area contributed by atoms with Crippen LogP contribution in [-0.4, -0.2) is 12.6 Å². The summed E-state index contributed by atoms with van der Waals surface area (Å²) in [4.78, 5) is 0. The minimum Gasteiger partial charge on any atom is -0.490 e. The molecule has 2 N–H and O–H groups in total. The van der Waals surface area contributed by atoms with E-state index < -0.39 is 0 Å². The number of hydrogen-bond donors (Lipinski definition) is 1. The van der Waals surface area contributed by atoms with Crippen molar-refractivity contribution in [3.8, 4) is 5.75 Å². The third-order valence-electron chi connectivity index (χ3n) is 3.85. The standard InChI is InChI=1S/C19H33NO/c1-7-16(12-13-20)21-17-10-8-15(9-11-17)19(5,6)14-18(2,3)4/h8-11,16H,7,12-14,20H2,1-6H3. The predicted octanol–water partition coefficient (Wildman–Crippen LogP) is 4.91. The highest BCUT2D eigenvalue weighted by atomic mass is 16.5. The molecule has 0 aliphatic carbocycles. The van der Waals surface area contributed by atoms with Gasteiger partial charge in [0.15, 0.2) is 0 Å². The van der Waals surface area contributed by atoms with Gasteiger partial charge in [-0.25, -0.2) is 0 Å². The summed E-state index contributed by atoms with van der Waals surface area (Å²) in [6.07, 6.45) is 3.29. The highest BCUT2D eigenvalue weighted by Gasteiger charge is 2.27. The van der Waals surface area contributed by atoms with Gasteiger partial charge in [0.2, 0.25) is 0 Å². The Hall–Kier alpha value is -1.02. The maximum atomic E-state index is 5.99. The fraction of sp³-hybridized carbons (Fsp3) is 0.684. The first kappa shape index (κ1) is 18.0. The van der Waals surface area contributed by atoms with Crippen LogP contribution in [0.2, 0.25) is 0 Å². The minimum atomic E-state index is 0.179. The number of rotatable bonds is 7. The molecule has 0 radical (unpaired) electrons. The van der Waals surface area contributed by atoms with Gasteiger partial charge >= 0.3 is 0 Å². The highest BCUT2D eigenvalue weighted by Crippen LogP contribution is 2.36. The fourth-order valence-electron chi connectivity index (χ4n) is 3.14. The van der Waals surface area contributed by atoms with Crippen molar-refractivity contribution < 1.29 is 4.74 Å². The van der Waals surface area contributed by atoms with Crippen molar-refractivity contribution >= 4 is 0 Å². The van der Waals surface area contributed by atoms with E-state index in [1.54, 1.807) is 0 Å². The van der Waals surface area contributed by atoms with Crippen LogP contribution in [0.25, 0.3) is 0 Å². The molecular formula is C19H33NO. The van der Waals surface area contributed by atoms with Crippen LogP contribution in [-0.2, 0) is 5.41 Å². The van der Waals surface area contributed by atoms with E-state index >= 15 is 0 Å². The summed E-state index contributed by atoms with van der Waals surface area (Å²) in [7, 11) is 0. The van der Waals surface area contributed by atoms with Gasteiger partial charge in [0, 0.05) is 0 Å². The van der Waals surface area contributed by atoms with Crippen LogP contribution in [0.3, 0.4) is 0 Å². The number of benzene rings is 1. The number of ether oxygens (including phenoxy) is 1. The summed E-state index contributed by atoms with van der Waals surface area (Å²) in [6.45, 7) is 14.3. The van der Waals surface area contributed by atoms with Crippen LogP contribution in [0.1, 0.15) is 66.4 Å². The maximum Gasteiger partial charge on any atom is 0.119 e. The van der Waals surface area contributed by atoms with Gasteiger partial charge in [-0.1, -0.05) is 53.7 Å². The van der Waals surface area contributed by atoms with Crippen LogP contribution >= 0.6 is 0 Å². The molecule has 1 unspecified atom stereocenters. The lowest BCUT2D eigenvalue weighted by atomic mass is 9.72. The van der Waals surface area contributed by atoms with E-state index in [1.807, 2.05) is 0 Å². The number of hydrogen-bond acceptors (Lipinski definition) is 2. The molecule has 0 heterocycles. The predicted molar refractivity (Wildman–Crippen MR) is 91.9 cm³/mol. The first-order valence-corrected chi connectivity index (χ1v) is 8.15. The Kier molecular flexibility index (Phi) is 6.27. The smallest absolute Gasteiger partial charge is 0.119 e. The highest BCUT2D eigenvalue weighted by molar-refractivity contribution is 5.32. The van der Waals surface area contributed by atoms with E-state index in [0.717, 1.165) is 25.0 Å². The molecule has 0 fully saturated rings. The molecule has 21 heavy (non-hydrogen) atoms. The van der Waals surface area contributed by atoms with Gasteiger partial charge in [-0.15, -0.1) is 0 Å². The van der Waals surface area contributed by atoms with Crippen molar-refractivity contribution in [2.45, 2.75) is 72.3 Å². The SMILES string of the molecule is CCC(CCN)Oc1ccc(C(C)(C)CC(C)(C)C)cc1. The van der Waals surface area contributed by atoms with Gasteiger partial charge in [0.25, 0.3) is 0 Å². The average Bonchev–Trinajstić information content (AvgIpc) is 2.36. The summed E-state index contributed by atoms with van der Waals surface area (Å²) in [5, 5.41) is 0. The molecule has 0 aliphatic rings. The monoisotopic (exact) mass is 291 g/mol. The zero-order chi connectivity index (χ0) is 16.1. The Bertz CT molecular complexity index is 414. The molecule has 1 rings (SSSR count). The first-order valence-electron chi connectivity index (χ1n) is 8.15. The molecular weight excluding hydrogens is 258 g/mol. The van der Waals surface area contributed by atoms with Gasteiger partial charge < -0.3 is 10.5 Å². The molecule has 1 aromatic rings. The molecule has 120 valence electrons. The molecule has 0 aromatic heterocycles. The Morgan fingerprint density at radius 1 is 1.05 bits per heavy atom. The summed E-state index contributed by atoms with van der Waals surface area (Å²) in [5.41, 5.74) is 7.50. The van der Waals surface area contributed by atoms with Crippen molar-refractivity contribution in [1.82, 2.24) is 0 Å². The van der Waals surface area contributed by atoms with E-state index in [0.29, 0.717) is 12.0 Å². The molecule has 2 heteroatoms. The Morgan fingerprint density at radius 3 is 2.05 bits per heavy atom. The average molecular weight is 291 g/mol. The van der Waals surface area contributed by atoms with Crippen LogP contribution in [0.4, 0.5) is 0 Å². The fourth-order valence-corrected chi connectivity index (χ4v) is 3.14. The third kappa shape index (κ3) is 6.09. The molecule has 0 bridgehead atoms. The van der Waals surface area contributed by atoms with Crippen molar-refractivity contribution in [2.24, 2.45) is 11.1 Å². The van der Waals surface area contributed by atoms with Crippen LogP contribution in [0.15, 0.2) is 24.3 Å². The van der Waals surface area contributed by atoms with E-state index in [9.17, 15) is 0 Å². The molecule has 1 atom stereocenters. The Morgan fingerprint density at radius 2 is 1.62 bits per heavy atom. The molecule has 0 amide bonds. The molecule has 1 aromatic carbocycles. The molecule has 0 saturated carbocycles. The molecule has 0 saturated heterocycles. The molecule has 0 spiro atoms. The van der Waals surface area contributed by atoms with E-state index in [-0.39, 0.29) is 11.5 Å². The van der Waals surface area contributed by atoms with Gasteiger partial charge in [0.1, 0.15) is 5.75 Å². The Labute approximate surface area is 131 Å². The summed E-state index contributed by atoms with van der Waals surface area (Å²) < 4.78 is 5.99. The van der Waals surface area contributed by atoms with Gasteiger partial charge in [-0.2, -0.15) is 0 Å². The second-order valence-electron chi connectivity index (χ2n) is 7.87. The van der Waals surface area contributed by atoms with Crippen molar-refractivity contribution in [2.75, 3.05) is 6.54 Å². The van der Waals surface area contributed by atoms with E-state index in [4.69, 9.17) is 10.5 Å². The molecule has 2 nitrogen and oxygen atoms in total. The van der Waals surface area contributed by atoms with E-state index in [1.165, 1.54) is 5.56 Å². The van der Waals surface area contributed by atoms with Gasteiger partial charge in [-0.3, -0.25) is 0 Å². The largest absolute Gasteiger partial charge is 0.490 e. The zero-order valence-corrected chi connectivity index (χ0v) is 14.7. The molecule has 0 aliphatic heterocycles. The van der Waals surface area contributed by atoms with Gasteiger partial charge in [-0.05, 0) is 54.3 Å². The van der Waals surface area contributed by atoms with Gasteiger partial charge in [0.05, 0.1) is 6.10 Å². The van der Waals surface area contributed by atoms with Crippen molar-refractivity contribution in [3.05, 3.63) is 29.8 Å². The van der Waals surface area contributed by atoms with E-state index in [2.05, 4.69) is 65.8 Å². The lowest BCUT2D eigenvalue weighted by Gasteiger charge is -2.33.